The summed E-state index contributed by atoms with van der Waals surface area (Å²) in [7, 11) is 0. The summed E-state index contributed by atoms with van der Waals surface area (Å²) in [5, 5.41) is 3.14. The number of nitrogens with one attached hydrogen (secondary N) is 1. The van der Waals surface area contributed by atoms with E-state index in [1.807, 2.05) is 62.4 Å². The molecule has 30 heavy (non-hydrogen) atoms. The fourth-order valence-electron chi connectivity index (χ4n) is 3.11. The molecular formula is C24H19FN2O2S. The van der Waals surface area contributed by atoms with E-state index < -0.39 is 17.6 Å². The third kappa shape index (κ3) is 3.86. The SMILES string of the molecule is Cc1ccc(NC2=C(Sc3ccccc3)C(=O)N(c3ccc(F)cc3)C2=O)cc1C. The Balaban J connectivity index is 1.74. The van der Waals surface area contributed by atoms with Gasteiger partial charge in [-0.05, 0) is 73.5 Å². The van der Waals surface area contributed by atoms with Gasteiger partial charge >= 0.3 is 0 Å². The second-order valence-corrected chi connectivity index (χ2v) is 8.05. The number of aryl methyl sites for hydroxylation is 2. The van der Waals surface area contributed by atoms with Gasteiger partial charge in [-0.1, -0.05) is 36.0 Å². The maximum atomic E-state index is 13.4. The van der Waals surface area contributed by atoms with Gasteiger partial charge in [0.25, 0.3) is 11.8 Å². The van der Waals surface area contributed by atoms with Gasteiger partial charge in [-0.25, -0.2) is 9.29 Å². The minimum absolute atomic E-state index is 0.210. The lowest BCUT2D eigenvalue weighted by Gasteiger charge is -2.15. The van der Waals surface area contributed by atoms with Crippen molar-refractivity contribution < 1.29 is 14.0 Å². The van der Waals surface area contributed by atoms with Gasteiger partial charge in [0.05, 0.1) is 5.69 Å². The van der Waals surface area contributed by atoms with E-state index in [4.69, 9.17) is 0 Å². The summed E-state index contributed by atoms with van der Waals surface area (Å²) in [5.74, 6) is -1.34. The average molecular weight is 418 g/mol. The minimum Gasteiger partial charge on any atom is -0.350 e. The van der Waals surface area contributed by atoms with Crippen molar-refractivity contribution in [2.45, 2.75) is 18.7 Å². The van der Waals surface area contributed by atoms with E-state index >= 15 is 0 Å². The van der Waals surface area contributed by atoms with E-state index in [1.54, 1.807) is 0 Å². The number of nitrogens with zero attached hydrogens (tertiary/aromatic N) is 1. The number of benzene rings is 3. The van der Waals surface area contributed by atoms with Crippen molar-refractivity contribution in [1.29, 1.82) is 0 Å². The van der Waals surface area contributed by atoms with Crippen molar-refractivity contribution in [2.75, 3.05) is 10.2 Å². The molecule has 0 spiro atoms. The highest BCUT2D eigenvalue weighted by Gasteiger charge is 2.40. The molecule has 1 N–H and O–H groups in total. The molecule has 1 heterocycles. The fraction of sp³-hybridized carbons (Fsp3) is 0.0833. The summed E-state index contributed by atoms with van der Waals surface area (Å²) in [6, 6.07) is 20.5. The number of carbonyl (C=O) groups is 2. The number of hydrogen-bond donors (Lipinski definition) is 1. The highest BCUT2D eigenvalue weighted by Crippen LogP contribution is 2.37. The number of thioether (sulfide) groups is 1. The summed E-state index contributed by atoms with van der Waals surface area (Å²) in [4.78, 5) is 28.7. The van der Waals surface area contributed by atoms with Gasteiger partial charge in [0.1, 0.15) is 16.4 Å². The first-order valence-electron chi connectivity index (χ1n) is 9.40. The number of hydrogen-bond acceptors (Lipinski definition) is 4. The smallest absolute Gasteiger partial charge is 0.283 e. The largest absolute Gasteiger partial charge is 0.350 e. The molecule has 6 heteroatoms. The zero-order valence-electron chi connectivity index (χ0n) is 16.5. The molecule has 1 aliphatic rings. The van der Waals surface area contributed by atoms with Crippen LogP contribution in [0.3, 0.4) is 0 Å². The van der Waals surface area contributed by atoms with E-state index in [0.29, 0.717) is 10.6 Å². The Morgan fingerprint density at radius 2 is 1.53 bits per heavy atom. The van der Waals surface area contributed by atoms with Crippen molar-refractivity contribution in [3.8, 4) is 0 Å². The van der Waals surface area contributed by atoms with Gasteiger partial charge in [0.15, 0.2) is 0 Å². The molecule has 4 rings (SSSR count). The molecule has 0 saturated heterocycles. The van der Waals surface area contributed by atoms with Gasteiger partial charge in [0, 0.05) is 10.6 Å². The number of rotatable bonds is 5. The molecule has 1 aliphatic heterocycles. The van der Waals surface area contributed by atoms with E-state index in [9.17, 15) is 14.0 Å². The minimum atomic E-state index is -0.469. The van der Waals surface area contributed by atoms with Crippen LogP contribution in [0.4, 0.5) is 15.8 Å². The van der Waals surface area contributed by atoms with Gasteiger partial charge in [-0.3, -0.25) is 9.59 Å². The first-order chi connectivity index (χ1) is 14.4. The lowest BCUT2D eigenvalue weighted by molar-refractivity contribution is -0.120. The van der Waals surface area contributed by atoms with Crippen LogP contribution in [0.15, 0.2) is 88.3 Å². The van der Waals surface area contributed by atoms with Crippen LogP contribution < -0.4 is 10.2 Å². The molecule has 4 nitrogen and oxygen atoms in total. The second kappa shape index (κ2) is 8.16. The number of halogens is 1. The van der Waals surface area contributed by atoms with Crippen molar-refractivity contribution >= 4 is 35.0 Å². The van der Waals surface area contributed by atoms with Crippen molar-refractivity contribution in [1.82, 2.24) is 0 Å². The molecule has 0 aliphatic carbocycles. The Labute approximate surface area is 178 Å². The van der Waals surface area contributed by atoms with Crippen LogP contribution in [0, 0.1) is 19.7 Å². The van der Waals surface area contributed by atoms with Crippen molar-refractivity contribution in [3.63, 3.8) is 0 Å². The number of amides is 2. The zero-order chi connectivity index (χ0) is 21.3. The molecule has 0 radical (unpaired) electrons. The van der Waals surface area contributed by atoms with Gasteiger partial charge in [-0.2, -0.15) is 0 Å². The van der Waals surface area contributed by atoms with Crippen LogP contribution in [-0.4, -0.2) is 11.8 Å². The Bertz CT molecular complexity index is 1160. The Hall–Kier alpha value is -3.38. The molecule has 3 aromatic carbocycles. The summed E-state index contributed by atoms with van der Waals surface area (Å²) >= 11 is 1.23. The number of anilines is 2. The monoisotopic (exact) mass is 418 g/mol. The normalized spacial score (nSPS) is 13.9. The van der Waals surface area contributed by atoms with Crippen LogP contribution in [-0.2, 0) is 9.59 Å². The first-order valence-corrected chi connectivity index (χ1v) is 10.2. The Kier molecular flexibility index (Phi) is 5.42. The van der Waals surface area contributed by atoms with Crippen molar-refractivity contribution in [3.05, 3.63) is 100 Å². The fourth-order valence-corrected chi connectivity index (χ4v) is 4.06. The molecule has 0 bridgehead atoms. The molecule has 0 fully saturated rings. The highest BCUT2D eigenvalue weighted by atomic mass is 32.2. The van der Waals surface area contributed by atoms with E-state index in [-0.39, 0.29) is 5.70 Å². The average Bonchev–Trinajstić information content (AvgIpc) is 2.96. The topological polar surface area (TPSA) is 49.4 Å². The van der Waals surface area contributed by atoms with E-state index in [2.05, 4.69) is 5.32 Å². The van der Waals surface area contributed by atoms with Gasteiger partial charge < -0.3 is 5.32 Å². The lowest BCUT2D eigenvalue weighted by atomic mass is 10.1. The molecule has 0 saturated carbocycles. The Morgan fingerprint density at radius 3 is 2.20 bits per heavy atom. The molecule has 150 valence electrons. The highest BCUT2D eigenvalue weighted by molar-refractivity contribution is 8.04. The summed E-state index contributed by atoms with van der Waals surface area (Å²) in [5.41, 5.74) is 3.47. The molecule has 0 aromatic heterocycles. The Morgan fingerprint density at radius 1 is 0.833 bits per heavy atom. The maximum Gasteiger partial charge on any atom is 0.283 e. The number of carbonyl (C=O) groups excluding carboxylic acids is 2. The van der Waals surface area contributed by atoms with Crippen LogP contribution in [0.1, 0.15) is 11.1 Å². The maximum absolute atomic E-state index is 13.4. The molecule has 0 atom stereocenters. The van der Waals surface area contributed by atoms with E-state index in [1.165, 1.54) is 36.0 Å². The summed E-state index contributed by atoms with van der Waals surface area (Å²) in [6.07, 6.45) is 0. The van der Waals surface area contributed by atoms with Crippen LogP contribution in [0.5, 0.6) is 0 Å². The zero-order valence-corrected chi connectivity index (χ0v) is 17.3. The summed E-state index contributed by atoms with van der Waals surface area (Å²) in [6.45, 7) is 4.00. The third-order valence-electron chi connectivity index (χ3n) is 4.87. The first kappa shape index (κ1) is 19.9. The van der Waals surface area contributed by atoms with Crippen molar-refractivity contribution in [2.24, 2.45) is 0 Å². The summed E-state index contributed by atoms with van der Waals surface area (Å²) < 4.78 is 13.4. The quantitative estimate of drug-likeness (QED) is 0.561. The lowest BCUT2D eigenvalue weighted by Crippen LogP contribution is -2.32. The number of imide groups is 1. The second-order valence-electron chi connectivity index (χ2n) is 6.97. The van der Waals surface area contributed by atoms with Gasteiger partial charge in [0.2, 0.25) is 0 Å². The molecular weight excluding hydrogens is 399 g/mol. The van der Waals surface area contributed by atoms with E-state index in [0.717, 1.165) is 26.6 Å². The third-order valence-corrected chi connectivity index (χ3v) is 5.96. The van der Waals surface area contributed by atoms with Crippen LogP contribution in [0.25, 0.3) is 0 Å². The standard InChI is InChI=1S/C24H19FN2O2S/c1-15-8-11-18(14-16(15)2)26-21-22(30-20-6-4-3-5-7-20)24(29)27(23(21)28)19-12-9-17(25)10-13-19/h3-14,26H,1-2H3. The predicted molar refractivity (Wildman–Crippen MR) is 118 cm³/mol. The molecule has 0 unspecified atom stereocenters. The molecule has 3 aromatic rings. The van der Waals surface area contributed by atoms with Crippen LogP contribution in [0.2, 0.25) is 0 Å². The van der Waals surface area contributed by atoms with Crippen LogP contribution >= 0.6 is 11.8 Å². The molecule has 2 amide bonds. The predicted octanol–water partition coefficient (Wildman–Crippen LogP) is 5.43. The van der Waals surface area contributed by atoms with Gasteiger partial charge in [-0.15, -0.1) is 0 Å².